The summed E-state index contributed by atoms with van der Waals surface area (Å²) < 4.78 is 33.3. The number of benzene rings is 2. The number of amidine groups is 1. The molecular formula is C17H16N2O4S. The molecule has 2 aromatic rings. The van der Waals surface area contributed by atoms with Crippen molar-refractivity contribution in [2.75, 3.05) is 5.32 Å². The fourth-order valence-corrected chi connectivity index (χ4v) is 3.38. The molecule has 0 aromatic heterocycles. The Labute approximate surface area is 140 Å². The van der Waals surface area contributed by atoms with Crippen LogP contribution in [0.2, 0.25) is 0 Å². The van der Waals surface area contributed by atoms with Crippen LogP contribution in [-0.4, -0.2) is 20.2 Å². The van der Waals surface area contributed by atoms with Crippen molar-refractivity contribution in [1.82, 2.24) is 0 Å². The van der Waals surface area contributed by atoms with Gasteiger partial charge < -0.3 is 10.1 Å². The first-order valence-corrected chi connectivity index (χ1v) is 8.84. The van der Waals surface area contributed by atoms with Crippen LogP contribution in [-0.2, 0) is 14.8 Å². The van der Waals surface area contributed by atoms with E-state index in [1.54, 1.807) is 56.3 Å². The quantitative estimate of drug-likeness (QED) is 0.683. The van der Waals surface area contributed by atoms with Crippen molar-refractivity contribution in [3.8, 4) is 5.75 Å². The first kappa shape index (κ1) is 16.2. The number of rotatable bonds is 3. The fraction of sp³-hybridized carbons (Fsp3) is 0.176. The highest BCUT2D eigenvalue weighted by atomic mass is 32.2. The maximum atomic E-state index is 12.1. The van der Waals surface area contributed by atoms with Gasteiger partial charge in [0, 0.05) is 5.56 Å². The largest absolute Gasteiger partial charge is 0.424 e. The minimum absolute atomic E-state index is 0.157. The van der Waals surface area contributed by atoms with Gasteiger partial charge in [-0.1, -0.05) is 38.1 Å². The van der Waals surface area contributed by atoms with Gasteiger partial charge in [-0.05, 0) is 24.3 Å². The number of hydrogen-bond acceptors (Lipinski definition) is 5. The van der Waals surface area contributed by atoms with Gasteiger partial charge in [0.15, 0.2) is 11.6 Å². The molecule has 6 nitrogen and oxygen atoms in total. The molecule has 0 saturated heterocycles. The van der Waals surface area contributed by atoms with Crippen LogP contribution in [0.15, 0.2) is 57.8 Å². The summed E-state index contributed by atoms with van der Waals surface area (Å²) in [6.07, 6.45) is 0. The Kier molecular flexibility index (Phi) is 4.11. The van der Waals surface area contributed by atoms with Crippen LogP contribution in [0.4, 0.5) is 5.69 Å². The van der Waals surface area contributed by atoms with Crippen LogP contribution >= 0.6 is 0 Å². The Bertz CT molecular complexity index is 933. The maximum absolute atomic E-state index is 12.1. The third-order valence-electron chi connectivity index (χ3n) is 3.45. The highest BCUT2D eigenvalue weighted by Gasteiger charge is 2.29. The molecule has 1 aliphatic rings. The second-order valence-corrected chi connectivity index (χ2v) is 7.18. The standard InChI is InChI=1S/C17H16N2O4S/c1-11(2)17(20)23-14-9-5-4-8-13(14)18-16-12-7-3-6-10-15(12)24(21,22)19-16/h3-11H,1-2H3,(H,18,19). The first-order chi connectivity index (χ1) is 11.4. The van der Waals surface area contributed by atoms with Crippen molar-refractivity contribution in [3.05, 3.63) is 54.1 Å². The molecule has 24 heavy (non-hydrogen) atoms. The number of para-hydroxylation sites is 2. The van der Waals surface area contributed by atoms with Gasteiger partial charge in [0.05, 0.1) is 11.6 Å². The summed E-state index contributed by atoms with van der Waals surface area (Å²) >= 11 is 0. The summed E-state index contributed by atoms with van der Waals surface area (Å²) in [7, 11) is -3.71. The zero-order valence-corrected chi connectivity index (χ0v) is 14.0. The molecule has 0 aliphatic carbocycles. The Hall–Kier alpha value is -2.67. The van der Waals surface area contributed by atoms with E-state index < -0.39 is 10.0 Å². The number of nitrogens with zero attached hydrogens (tertiary/aromatic N) is 1. The van der Waals surface area contributed by atoms with Crippen LogP contribution in [0, 0.1) is 5.92 Å². The molecule has 0 unspecified atom stereocenters. The molecule has 0 radical (unpaired) electrons. The third-order valence-corrected chi connectivity index (χ3v) is 4.79. The molecule has 0 atom stereocenters. The lowest BCUT2D eigenvalue weighted by molar-refractivity contribution is -0.137. The summed E-state index contributed by atoms with van der Waals surface area (Å²) in [6.45, 7) is 3.48. The number of sulfonamides is 1. The molecule has 1 N–H and O–H groups in total. The second-order valence-electron chi connectivity index (χ2n) is 5.61. The van der Waals surface area contributed by atoms with Crippen LogP contribution in [0.1, 0.15) is 19.4 Å². The van der Waals surface area contributed by atoms with Crippen molar-refractivity contribution in [3.63, 3.8) is 0 Å². The number of carbonyl (C=O) groups excluding carboxylic acids is 1. The molecule has 0 fully saturated rings. The van der Waals surface area contributed by atoms with Crippen LogP contribution in [0.5, 0.6) is 5.75 Å². The number of nitrogens with one attached hydrogen (secondary N) is 1. The second kappa shape index (κ2) is 6.09. The van der Waals surface area contributed by atoms with E-state index in [1.807, 2.05) is 0 Å². The fourth-order valence-electron chi connectivity index (χ4n) is 2.21. The topological polar surface area (TPSA) is 84.8 Å². The molecule has 2 aromatic carbocycles. The summed E-state index contributed by atoms with van der Waals surface area (Å²) in [5, 5.41) is 2.96. The lowest BCUT2D eigenvalue weighted by Gasteiger charge is -2.13. The van der Waals surface area contributed by atoms with Crippen molar-refractivity contribution in [2.24, 2.45) is 10.3 Å². The van der Waals surface area contributed by atoms with Gasteiger partial charge in [-0.25, -0.2) is 0 Å². The van der Waals surface area contributed by atoms with Gasteiger partial charge in [0.1, 0.15) is 4.90 Å². The average molecular weight is 344 g/mol. The van der Waals surface area contributed by atoms with Crippen molar-refractivity contribution >= 4 is 27.5 Å². The van der Waals surface area contributed by atoms with Gasteiger partial charge in [-0.3, -0.25) is 4.79 Å². The minimum atomic E-state index is -3.71. The zero-order valence-electron chi connectivity index (χ0n) is 13.2. The zero-order chi connectivity index (χ0) is 17.3. The van der Waals surface area contributed by atoms with Crippen LogP contribution in [0.25, 0.3) is 0 Å². The van der Waals surface area contributed by atoms with E-state index in [9.17, 15) is 13.2 Å². The molecule has 0 spiro atoms. The van der Waals surface area contributed by atoms with E-state index in [0.29, 0.717) is 17.0 Å². The highest BCUT2D eigenvalue weighted by Crippen LogP contribution is 2.30. The number of fused-ring (bicyclic) bond motifs is 1. The predicted molar refractivity (Wildman–Crippen MR) is 90.7 cm³/mol. The molecule has 1 aliphatic heterocycles. The lowest BCUT2D eigenvalue weighted by atomic mass is 10.2. The number of anilines is 1. The Balaban J connectivity index is 1.95. The SMILES string of the molecule is CC(C)C(=O)Oc1ccccc1NC1=NS(=O)(=O)c2ccccc21. The van der Waals surface area contributed by atoms with Crippen molar-refractivity contribution in [2.45, 2.75) is 18.7 Å². The monoisotopic (exact) mass is 344 g/mol. The van der Waals surface area contributed by atoms with Gasteiger partial charge >= 0.3 is 5.97 Å². The number of hydrogen-bond donors (Lipinski definition) is 1. The summed E-state index contributed by atoms with van der Waals surface area (Å²) in [4.78, 5) is 12.0. The molecule has 0 amide bonds. The third kappa shape index (κ3) is 3.03. The maximum Gasteiger partial charge on any atom is 0.313 e. The lowest BCUT2D eigenvalue weighted by Crippen LogP contribution is -2.17. The highest BCUT2D eigenvalue weighted by molar-refractivity contribution is 7.90. The molecule has 0 saturated carbocycles. The van der Waals surface area contributed by atoms with E-state index in [4.69, 9.17) is 4.74 Å². The summed E-state index contributed by atoms with van der Waals surface area (Å²) in [5.41, 5.74) is 0.958. The van der Waals surface area contributed by atoms with E-state index >= 15 is 0 Å². The Morgan fingerprint density at radius 2 is 1.75 bits per heavy atom. The predicted octanol–water partition coefficient (Wildman–Crippen LogP) is 2.81. The number of esters is 1. The van der Waals surface area contributed by atoms with Crippen LogP contribution < -0.4 is 10.1 Å². The molecule has 124 valence electrons. The number of ether oxygens (including phenoxy) is 1. The summed E-state index contributed by atoms with van der Waals surface area (Å²) in [5.74, 6) is -0.118. The van der Waals surface area contributed by atoms with Crippen LogP contribution in [0.3, 0.4) is 0 Å². The van der Waals surface area contributed by atoms with Gasteiger partial charge in [0.2, 0.25) is 0 Å². The van der Waals surface area contributed by atoms with Gasteiger partial charge in [-0.15, -0.1) is 4.40 Å². The number of carbonyl (C=O) groups is 1. The Morgan fingerprint density at radius 3 is 2.50 bits per heavy atom. The smallest absolute Gasteiger partial charge is 0.313 e. The van der Waals surface area contributed by atoms with E-state index in [-0.39, 0.29) is 22.6 Å². The molecule has 3 rings (SSSR count). The van der Waals surface area contributed by atoms with Crippen molar-refractivity contribution < 1.29 is 17.9 Å². The van der Waals surface area contributed by atoms with Crippen molar-refractivity contribution in [1.29, 1.82) is 0 Å². The minimum Gasteiger partial charge on any atom is -0.424 e. The normalized spacial score (nSPS) is 14.9. The van der Waals surface area contributed by atoms with Gasteiger partial charge in [-0.2, -0.15) is 8.42 Å². The van der Waals surface area contributed by atoms with E-state index in [1.165, 1.54) is 6.07 Å². The Morgan fingerprint density at radius 1 is 1.08 bits per heavy atom. The van der Waals surface area contributed by atoms with E-state index in [0.717, 1.165) is 0 Å². The first-order valence-electron chi connectivity index (χ1n) is 7.40. The van der Waals surface area contributed by atoms with E-state index in [2.05, 4.69) is 9.71 Å². The molecular weight excluding hydrogens is 328 g/mol. The molecule has 0 bridgehead atoms. The summed E-state index contributed by atoms with van der Waals surface area (Å²) in [6, 6.07) is 13.4. The molecule has 7 heteroatoms. The average Bonchev–Trinajstić information content (AvgIpc) is 2.80. The molecule has 1 heterocycles. The van der Waals surface area contributed by atoms with Gasteiger partial charge in [0.25, 0.3) is 10.0 Å².